The highest BCUT2D eigenvalue weighted by molar-refractivity contribution is 9.10. The average Bonchev–Trinajstić information content (AvgIpc) is 2.36. The molecule has 0 spiro atoms. The van der Waals surface area contributed by atoms with Gasteiger partial charge in [0, 0.05) is 9.37 Å². The van der Waals surface area contributed by atoms with Crippen LogP contribution in [-0.4, -0.2) is 16.1 Å². The first-order valence-corrected chi connectivity index (χ1v) is 7.37. The summed E-state index contributed by atoms with van der Waals surface area (Å²) in [6, 6.07) is 7.95. The molecule has 2 rings (SSSR count). The number of nitrogens with zero attached hydrogens (tertiary/aromatic N) is 2. The molecule has 19 heavy (non-hydrogen) atoms. The largest absolute Gasteiger partial charge is 0.473 e. The van der Waals surface area contributed by atoms with Crippen LogP contribution >= 0.6 is 27.7 Å². The summed E-state index contributed by atoms with van der Waals surface area (Å²) in [5.41, 5.74) is 6.51. The second-order valence-electron chi connectivity index (χ2n) is 4.12. The van der Waals surface area contributed by atoms with Gasteiger partial charge in [-0.25, -0.2) is 4.98 Å². The lowest BCUT2D eigenvalue weighted by molar-refractivity contribution is 0.233. The summed E-state index contributed by atoms with van der Waals surface area (Å²) in [6.07, 6.45) is 1.50. The normalized spacial score (nSPS) is 10.7. The first-order valence-electron chi connectivity index (χ1n) is 5.77. The van der Waals surface area contributed by atoms with Crippen molar-refractivity contribution < 1.29 is 4.74 Å². The van der Waals surface area contributed by atoms with Crippen LogP contribution in [0.1, 0.15) is 13.8 Å². The number of ether oxygens (including phenoxy) is 1. The Kier molecular flexibility index (Phi) is 4.66. The van der Waals surface area contributed by atoms with Crippen LogP contribution in [0.4, 0.5) is 5.69 Å². The maximum absolute atomic E-state index is 6.03. The van der Waals surface area contributed by atoms with Crippen molar-refractivity contribution in [3.8, 4) is 5.88 Å². The van der Waals surface area contributed by atoms with Crippen LogP contribution in [0.25, 0.3) is 0 Å². The van der Waals surface area contributed by atoms with Crippen LogP contribution in [0.15, 0.2) is 45.0 Å². The molecule has 0 radical (unpaired) electrons. The van der Waals surface area contributed by atoms with E-state index in [0.717, 1.165) is 9.37 Å². The Balaban J connectivity index is 2.23. The van der Waals surface area contributed by atoms with Crippen LogP contribution in [0.5, 0.6) is 5.88 Å². The number of nitrogen functional groups attached to an aromatic ring is 1. The lowest BCUT2D eigenvalue weighted by atomic mass is 10.4. The van der Waals surface area contributed by atoms with Crippen LogP contribution in [-0.2, 0) is 0 Å². The molecule has 4 nitrogen and oxygen atoms in total. The van der Waals surface area contributed by atoms with Crippen LogP contribution < -0.4 is 10.5 Å². The van der Waals surface area contributed by atoms with Crippen molar-refractivity contribution in [2.75, 3.05) is 5.73 Å². The van der Waals surface area contributed by atoms with Crippen LogP contribution in [0.3, 0.4) is 0 Å². The van der Waals surface area contributed by atoms with Gasteiger partial charge in [0.05, 0.1) is 6.10 Å². The van der Waals surface area contributed by atoms with Gasteiger partial charge in [0.2, 0.25) is 5.88 Å². The number of aromatic nitrogens is 2. The lowest BCUT2D eigenvalue weighted by Crippen LogP contribution is -2.09. The topological polar surface area (TPSA) is 61.0 Å². The fourth-order valence-corrected chi connectivity index (χ4v) is 2.43. The minimum absolute atomic E-state index is 0.0303. The second kappa shape index (κ2) is 6.25. The molecule has 100 valence electrons. The van der Waals surface area contributed by atoms with E-state index < -0.39 is 0 Å². The zero-order chi connectivity index (χ0) is 13.8. The van der Waals surface area contributed by atoms with Gasteiger partial charge in [-0.3, -0.25) is 0 Å². The number of rotatable bonds is 4. The molecule has 0 aliphatic heterocycles. The zero-order valence-corrected chi connectivity index (χ0v) is 13.0. The molecular formula is C13H14BrN3OS. The van der Waals surface area contributed by atoms with Crippen molar-refractivity contribution in [2.24, 2.45) is 0 Å². The monoisotopic (exact) mass is 339 g/mol. The fraction of sp³-hybridized carbons (Fsp3) is 0.231. The number of nitrogens with two attached hydrogens (primary N) is 1. The highest BCUT2D eigenvalue weighted by atomic mass is 79.9. The van der Waals surface area contributed by atoms with Crippen molar-refractivity contribution in [3.63, 3.8) is 0 Å². The van der Waals surface area contributed by atoms with E-state index in [9.17, 15) is 0 Å². The molecule has 6 heteroatoms. The Labute approximate surface area is 124 Å². The van der Waals surface area contributed by atoms with Gasteiger partial charge >= 0.3 is 0 Å². The molecule has 1 aromatic carbocycles. The van der Waals surface area contributed by atoms with Gasteiger partial charge in [0.15, 0.2) is 0 Å². The van der Waals surface area contributed by atoms with Gasteiger partial charge in [-0.05, 0) is 38.1 Å². The average molecular weight is 340 g/mol. The molecular weight excluding hydrogens is 326 g/mol. The summed E-state index contributed by atoms with van der Waals surface area (Å²) in [5.74, 6) is 0.435. The van der Waals surface area contributed by atoms with Crippen LogP contribution in [0, 0.1) is 0 Å². The highest BCUT2D eigenvalue weighted by Gasteiger charge is 2.11. The molecule has 0 aliphatic carbocycles. The molecule has 0 saturated carbocycles. The Morgan fingerprint density at radius 2 is 1.89 bits per heavy atom. The SMILES string of the molecule is CC(C)Oc1ncnc(Sc2ccc(Br)cc2)c1N. The summed E-state index contributed by atoms with van der Waals surface area (Å²) in [7, 11) is 0. The van der Waals surface area contributed by atoms with E-state index in [4.69, 9.17) is 10.5 Å². The van der Waals surface area contributed by atoms with Gasteiger partial charge in [-0.15, -0.1) is 0 Å². The minimum atomic E-state index is 0.0303. The third kappa shape index (κ3) is 3.84. The van der Waals surface area contributed by atoms with E-state index in [2.05, 4.69) is 25.9 Å². The molecule has 0 unspecified atom stereocenters. The number of halogens is 1. The lowest BCUT2D eigenvalue weighted by Gasteiger charge is -2.12. The summed E-state index contributed by atoms with van der Waals surface area (Å²) >= 11 is 4.89. The molecule has 0 amide bonds. The van der Waals surface area contributed by atoms with Gasteiger partial charge in [-0.2, -0.15) is 4.98 Å². The number of benzene rings is 1. The number of anilines is 1. The van der Waals surface area contributed by atoms with Crippen molar-refractivity contribution in [1.82, 2.24) is 9.97 Å². The molecule has 0 saturated heterocycles. The standard InChI is InChI=1S/C13H14BrN3OS/c1-8(2)18-12-11(15)13(17-7-16-12)19-10-5-3-9(14)4-6-10/h3-8H,15H2,1-2H3. The molecule has 1 heterocycles. The number of hydrogen-bond donors (Lipinski definition) is 1. The molecule has 0 aliphatic rings. The van der Waals surface area contributed by atoms with Crippen molar-refractivity contribution in [3.05, 3.63) is 35.1 Å². The summed E-state index contributed by atoms with van der Waals surface area (Å²) in [5, 5.41) is 0.702. The molecule has 2 N–H and O–H groups in total. The van der Waals surface area contributed by atoms with Crippen molar-refractivity contribution in [1.29, 1.82) is 0 Å². The molecule has 0 bridgehead atoms. The third-order valence-electron chi connectivity index (χ3n) is 2.19. The van der Waals surface area contributed by atoms with Gasteiger partial charge in [0.25, 0.3) is 0 Å². The Morgan fingerprint density at radius 3 is 2.53 bits per heavy atom. The predicted molar refractivity (Wildman–Crippen MR) is 80.5 cm³/mol. The van der Waals surface area contributed by atoms with E-state index >= 15 is 0 Å². The van der Waals surface area contributed by atoms with Gasteiger partial charge in [0.1, 0.15) is 17.0 Å². The Bertz CT molecular complexity index is 560. The predicted octanol–water partition coefficient (Wildman–Crippen LogP) is 3.76. The van der Waals surface area contributed by atoms with Gasteiger partial charge in [-0.1, -0.05) is 27.7 Å². The summed E-state index contributed by atoms with van der Waals surface area (Å²) < 4.78 is 6.58. The number of hydrogen-bond acceptors (Lipinski definition) is 5. The Hall–Kier alpha value is -1.27. The van der Waals surface area contributed by atoms with Crippen molar-refractivity contribution >= 4 is 33.4 Å². The second-order valence-corrected chi connectivity index (χ2v) is 6.10. The van der Waals surface area contributed by atoms with E-state index in [1.54, 1.807) is 0 Å². The molecule has 0 atom stereocenters. The fourth-order valence-electron chi connectivity index (χ4n) is 1.38. The molecule has 1 aromatic heterocycles. The third-order valence-corrected chi connectivity index (χ3v) is 3.74. The maximum atomic E-state index is 6.03. The highest BCUT2D eigenvalue weighted by Crippen LogP contribution is 2.34. The minimum Gasteiger partial charge on any atom is -0.473 e. The molecule has 0 fully saturated rings. The first kappa shape index (κ1) is 14.1. The zero-order valence-electron chi connectivity index (χ0n) is 10.6. The van der Waals surface area contributed by atoms with E-state index in [-0.39, 0.29) is 6.10 Å². The van der Waals surface area contributed by atoms with Crippen molar-refractivity contribution in [2.45, 2.75) is 29.9 Å². The first-order chi connectivity index (χ1) is 9.06. The van der Waals surface area contributed by atoms with E-state index in [0.29, 0.717) is 16.6 Å². The maximum Gasteiger partial charge on any atom is 0.241 e. The van der Waals surface area contributed by atoms with E-state index in [1.165, 1.54) is 18.1 Å². The summed E-state index contributed by atoms with van der Waals surface area (Å²) in [4.78, 5) is 9.31. The van der Waals surface area contributed by atoms with Crippen LogP contribution in [0.2, 0.25) is 0 Å². The molecule has 2 aromatic rings. The Morgan fingerprint density at radius 1 is 1.21 bits per heavy atom. The summed E-state index contributed by atoms with van der Waals surface area (Å²) in [6.45, 7) is 3.87. The smallest absolute Gasteiger partial charge is 0.241 e. The quantitative estimate of drug-likeness (QED) is 0.859. The van der Waals surface area contributed by atoms with Gasteiger partial charge < -0.3 is 10.5 Å². The van der Waals surface area contributed by atoms with E-state index in [1.807, 2.05) is 38.1 Å².